The van der Waals surface area contributed by atoms with Crippen LogP contribution in [0.15, 0.2) is 64.2 Å². The third kappa shape index (κ3) is 6.34. The van der Waals surface area contributed by atoms with E-state index >= 15 is 0 Å². The van der Waals surface area contributed by atoms with E-state index in [2.05, 4.69) is 20.6 Å². The van der Waals surface area contributed by atoms with Gasteiger partial charge in [-0.3, -0.25) is 9.78 Å². The molecule has 4 aromatic heterocycles. The van der Waals surface area contributed by atoms with Crippen molar-refractivity contribution in [2.75, 3.05) is 25.0 Å². The SMILES string of the molecule is Cn1cc(-c2ccnc(NCc3ccccn3)c2)c2oc(CC3CNCCCN3C(=O)OC(C)(C)C)cc2c1=O. The fourth-order valence-electron chi connectivity index (χ4n) is 4.90. The third-order valence-electron chi connectivity index (χ3n) is 6.79. The van der Waals surface area contributed by atoms with Gasteiger partial charge in [-0.05, 0) is 69.6 Å². The lowest BCUT2D eigenvalue weighted by atomic mass is 10.1. The van der Waals surface area contributed by atoms with E-state index in [-0.39, 0.29) is 17.7 Å². The number of aryl methyl sites for hydroxylation is 1. The largest absolute Gasteiger partial charge is 0.460 e. The molecule has 5 heterocycles. The zero-order valence-corrected chi connectivity index (χ0v) is 23.4. The van der Waals surface area contributed by atoms with E-state index in [1.54, 1.807) is 41.2 Å². The van der Waals surface area contributed by atoms with Crippen LogP contribution >= 0.6 is 0 Å². The summed E-state index contributed by atoms with van der Waals surface area (Å²) in [4.78, 5) is 36.7. The van der Waals surface area contributed by atoms with Crippen LogP contribution in [0.5, 0.6) is 0 Å². The summed E-state index contributed by atoms with van der Waals surface area (Å²) in [6.07, 6.45) is 6.23. The van der Waals surface area contributed by atoms with Gasteiger partial charge in [0, 0.05) is 50.7 Å². The van der Waals surface area contributed by atoms with E-state index in [1.807, 2.05) is 51.1 Å². The summed E-state index contributed by atoms with van der Waals surface area (Å²) < 4.78 is 13.6. The minimum Gasteiger partial charge on any atom is -0.460 e. The molecule has 1 aliphatic heterocycles. The lowest BCUT2D eigenvalue weighted by Gasteiger charge is -2.31. The van der Waals surface area contributed by atoms with Crippen molar-refractivity contribution >= 4 is 22.9 Å². The number of hydrogen-bond acceptors (Lipinski definition) is 8. The summed E-state index contributed by atoms with van der Waals surface area (Å²) in [5.41, 5.74) is 2.35. The number of amides is 1. The number of ether oxygens (including phenoxy) is 1. The monoisotopic (exact) mass is 544 g/mol. The smallest absolute Gasteiger partial charge is 0.410 e. The van der Waals surface area contributed by atoms with E-state index in [0.717, 1.165) is 29.8 Å². The predicted molar refractivity (Wildman–Crippen MR) is 154 cm³/mol. The number of nitrogens with zero attached hydrogens (tertiary/aromatic N) is 4. The molecule has 4 aromatic rings. The number of anilines is 1. The fraction of sp³-hybridized carbons (Fsp3) is 0.400. The molecule has 0 spiro atoms. The average Bonchev–Trinajstić information content (AvgIpc) is 3.20. The molecule has 210 valence electrons. The Balaban J connectivity index is 1.44. The first-order chi connectivity index (χ1) is 19.2. The molecule has 1 amide bonds. The van der Waals surface area contributed by atoms with Crippen LogP contribution in [-0.2, 0) is 24.8 Å². The number of carbonyl (C=O) groups is 1. The van der Waals surface area contributed by atoms with Crippen LogP contribution in [0.3, 0.4) is 0 Å². The van der Waals surface area contributed by atoms with Crippen LogP contribution in [-0.4, -0.2) is 56.8 Å². The maximum absolute atomic E-state index is 13.1. The number of aromatic nitrogens is 3. The van der Waals surface area contributed by atoms with Crippen LogP contribution in [0.25, 0.3) is 22.1 Å². The quantitative estimate of drug-likeness (QED) is 0.368. The second-order valence-corrected chi connectivity index (χ2v) is 11.1. The number of furan rings is 1. The highest BCUT2D eigenvalue weighted by Gasteiger charge is 2.30. The first-order valence-corrected chi connectivity index (χ1v) is 13.6. The molecule has 2 N–H and O–H groups in total. The zero-order valence-electron chi connectivity index (χ0n) is 23.4. The minimum atomic E-state index is -0.586. The minimum absolute atomic E-state index is 0.140. The summed E-state index contributed by atoms with van der Waals surface area (Å²) in [5.74, 6) is 1.33. The second kappa shape index (κ2) is 11.5. The van der Waals surface area contributed by atoms with Crippen molar-refractivity contribution in [2.45, 2.75) is 51.8 Å². The summed E-state index contributed by atoms with van der Waals surface area (Å²) in [5, 5.41) is 7.22. The van der Waals surface area contributed by atoms with E-state index in [1.165, 1.54) is 0 Å². The van der Waals surface area contributed by atoms with E-state index in [9.17, 15) is 9.59 Å². The molecule has 0 saturated carbocycles. The Hall–Kier alpha value is -4.18. The van der Waals surface area contributed by atoms with Gasteiger partial charge in [0.05, 0.1) is 23.7 Å². The predicted octanol–water partition coefficient (Wildman–Crippen LogP) is 4.34. The molecular weight excluding hydrogens is 508 g/mol. The number of hydrogen-bond donors (Lipinski definition) is 2. The van der Waals surface area contributed by atoms with Gasteiger partial charge >= 0.3 is 6.09 Å². The van der Waals surface area contributed by atoms with Gasteiger partial charge in [-0.2, -0.15) is 0 Å². The molecule has 0 radical (unpaired) electrons. The molecule has 0 aromatic carbocycles. The molecule has 10 nitrogen and oxygen atoms in total. The number of carbonyl (C=O) groups excluding carboxylic acids is 1. The summed E-state index contributed by atoms with van der Waals surface area (Å²) >= 11 is 0. The van der Waals surface area contributed by atoms with Crippen molar-refractivity contribution in [3.05, 3.63) is 76.8 Å². The third-order valence-corrected chi connectivity index (χ3v) is 6.79. The lowest BCUT2D eigenvalue weighted by molar-refractivity contribution is 0.0174. The Labute approximate surface area is 233 Å². The highest BCUT2D eigenvalue weighted by atomic mass is 16.6. The highest BCUT2D eigenvalue weighted by molar-refractivity contribution is 5.92. The maximum Gasteiger partial charge on any atom is 0.410 e. The van der Waals surface area contributed by atoms with Crippen molar-refractivity contribution in [1.29, 1.82) is 0 Å². The zero-order chi connectivity index (χ0) is 28.3. The van der Waals surface area contributed by atoms with Crippen molar-refractivity contribution in [3.63, 3.8) is 0 Å². The van der Waals surface area contributed by atoms with Crippen LogP contribution in [0, 0.1) is 0 Å². The van der Waals surface area contributed by atoms with E-state index in [0.29, 0.717) is 48.6 Å². The number of fused-ring (bicyclic) bond motifs is 1. The van der Waals surface area contributed by atoms with E-state index < -0.39 is 5.60 Å². The Morgan fingerprint density at radius 1 is 1.20 bits per heavy atom. The van der Waals surface area contributed by atoms with Crippen LogP contribution < -0.4 is 16.2 Å². The molecule has 40 heavy (non-hydrogen) atoms. The lowest BCUT2D eigenvalue weighted by Crippen LogP contribution is -2.47. The standard InChI is InChI=1S/C30H36N6O4/c1-30(2,3)40-29(38)36-13-7-10-31-18-22(36)15-23-16-24-27(39-23)25(19-35(4)28(24)37)20-9-12-33-26(14-20)34-17-21-8-5-6-11-32-21/h5-6,8-9,11-12,14,16,19,22,31H,7,10,13,15,17-18H2,1-4H3,(H,33,34). The number of nitrogens with one attached hydrogen (secondary N) is 2. The molecule has 5 rings (SSSR count). The van der Waals surface area contributed by atoms with Gasteiger partial charge < -0.3 is 29.3 Å². The van der Waals surface area contributed by atoms with Gasteiger partial charge in [0.15, 0.2) is 0 Å². The van der Waals surface area contributed by atoms with Gasteiger partial charge in [0.2, 0.25) is 0 Å². The van der Waals surface area contributed by atoms with Crippen LogP contribution in [0.4, 0.5) is 10.6 Å². The van der Waals surface area contributed by atoms with Crippen LogP contribution in [0.1, 0.15) is 38.6 Å². The first kappa shape index (κ1) is 27.4. The Bertz CT molecular complexity index is 1540. The molecule has 10 heteroatoms. The number of pyridine rings is 3. The second-order valence-electron chi connectivity index (χ2n) is 11.1. The van der Waals surface area contributed by atoms with Crippen molar-refractivity contribution < 1.29 is 13.9 Å². The topological polar surface area (TPSA) is 115 Å². The average molecular weight is 545 g/mol. The van der Waals surface area contributed by atoms with Gasteiger partial charge in [-0.1, -0.05) is 6.07 Å². The summed E-state index contributed by atoms with van der Waals surface area (Å²) in [6.45, 7) is 8.15. The van der Waals surface area contributed by atoms with Crippen molar-refractivity contribution in [2.24, 2.45) is 7.05 Å². The Morgan fingerprint density at radius 2 is 2.05 bits per heavy atom. The molecular formula is C30H36N6O4. The van der Waals surface area contributed by atoms with Gasteiger partial charge in [-0.15, -0.1) is 0 Å². The fourth-order valence-corrected chi connectivity index (χ4v) is 4.90. The van der Waals surface area contributed by atoms with Gasteiger partial charge in [-0.25, -0.2) is 9.78 Å². The Kier molecular flexibility index (Phi) is 7.88. The maximum atomic E-state index is 13.1. The highest BCUT2D eigenvalue weighted by Crippen LogP contribution is 2.31. The van der Waals surface area contributed by atoms with Gasteiger partial charge in [0.25, 0.3) is 5.56 Å². The first-order valence-electron chi connectivity index (χ1n) is 13.6. The summed E-state index contributed by atoms with van der Waals surface area (Å²) in [6, 6.07) is 11.2. The van der Waals surface area contributed by atoms with Crippen molar-refractivity contribution in [1.82, 2.24) is 24.8 Å². The van der Waals surface area contributed by atoms with E-state index in [4.69, 9.17) is 9.15 Å². The number of rotatable bonds is 6. The summed E-state index contributed by atoms with van der Waals surface area (Å²) in [7, 11) is 1.73. The molecule has 0 bridgehead atoms. The molecule has 1 atom stereocenters. The van der Waals surface area contributed by atoms with Crippen molar-refractivity contribution in [3.8, 4) is 11.1 Å². The molecule has 1 saturated heterocycles. The normalized spacial score (nSPS) is 16.1. The molecule has 1 fully saturated rings. The van der Waals surface area contributed by atoms with Crippen LogP contribution in [0.2, 0.25) is 0 Å². The molecule has 1 aliphatic rings. The van der Waals surface area contributed by atoms with Gasteiger partial charge in [0.1, 0.15) is 22.8 Å². The molecule has 1 unspecified atom stereocenters. The molecule has 0 aliphatic carbocycles. The Morgan fingerprint density at radius 3 is 2.83 bits per heavy atom.